The third-order valence-corrected chi connectivity index (χ3v) is 1.37. The number of hydrogen-bond donors (Lipinski definition) is 0. The van der Waals surface area contributed by atoms with E-state index in [0.29, 0.717) is 5.92 Å². The van der Waals surface area contributed by atoms with Gasteiger partial charge in [-0.05, 0) is 12.8 Å². The van der Waals surface area contributed by atoms with Crippen LogP contribution in [0.15, 0.2) is 0 Å². The van der Waals surface area contributed by atoms with E-state index in [9.17, 15) is 9.59 Å². The molecule has 0 amide bonds. The van der Waals surface area contributed by atoms with Crippen LogP contribution in [0.2, 0.25) is 0 Å². The summed E-state index contributed by atoms with van der Waals surface area (Å²) in [7, 11) is 1.39. The number of esters is 1. The smallest absolute Gasteiger partial charge is 0.308 e. The first-order valence-electron chi connectivity index (χ1n) is 4.88. The Balaban J connectivity index is 0. The topological polar surface area (TPSA) is 43.4 Å². The van der Waals surface area contributed by atoms with Gasteiger partial charge in [0.1, 0.15) is 5.78 Å². The first-order valence-corrected chi connectivity index (χ1v) is 4.88. The Morgan fingerprint density at radius 2 is 1.57 bits per heavy atom. The molecule has 0 N–H and O–H groups in total. The van der Waals surface area contributed by atoms with Gasteiger partial charge in [0, 0.05) is 6.42 Å². The summed E-state index contributed by atoms with van der Waals surface area (Å²) in [5.41, 5.74) is 0. The molecule has 0 saturated carbocycles. The number of ether oxygens (including phenoxy) is 1. The quantitative estimate of drug-likeness (QED) is 0.660. The van der Waals surface area contributed by atoms with E-state index in [4.69, 9.17) is 0 Å². The minimum atomic E-state index is -0.153. The maximum Gasteiger partial charge on any atom is 0.308 e. The molecule has 0 rings (SSSR count). The van der Waals surface area contributed by atoms with Gasteiger partial charge in [0.25, 0.3) is 0 Å². The number of carbonyl (C=O) groups excluding carboxylic acids is 2. The van der Waals surface area contributed by atoms with Crippen LogP contribution in [0.3, 0.4) is 0 Å². The van der Waals surface area contributed by atoms with Crippen LogP contribution >= 0.6 is 0 Å². The summed E-state index contributed by atoms with van der Waals surface area (Å²) in [4.78, 5) is 20.5. The van der Waals surface area contributed by atoms with Gasteiger partial charge in [0.2, 0.25) is 0 Å². The average molecular weight is 202 g/mol. The average Bonchev–Trinajstić information content (AvgIpc) is 2.01. The number of Topliss-reactive ketones (excluding diaryl/α,β-unsaturated/α-hetero) is 1. The Labute approximate surface area is 86.8 Å². The first kappa shape index (κ1) is 15.6. The minimum Gasteiger partial charge on any atom is -0.469 e. The van der Waals surface area contributed by atoms with E-state index in [0.717, 1.165) is 6.42 Å². The molecule has 0 aromatic rings. The zero-order valence-corrected chi connectivity index (χ0v) is 10.1. The van der Waals surface area contributed by atoms with Gasteiger partial charge in [-0.25, -0.2) is 0 Å². The highest BCUT2D eigenvalue weighted by Gasteiger charge is 2.03. The van der Waals surface area contributed by atoms with Gasteiger partial charge in [-0.15, -0.1) is 0 Å². The van der Waals surface area contributed by atoms with Crippen LogP contribution in [0, 0.1) is 11.8 Å². The van der Waals surface area contributed by atoms with E-state index in [1.807, 2.05) is 13.8 Å². The van der Waals surface area contributed by atoms with Crippen LogP contribution in [0.1, 0.15) is 41.0 Å². The predicted octanol–water partition coefficient (Wildman–Crippen LogP) is 2.44. The highest BCUT2D eigenvalue weighted by Crippen LogP contribution is 1.97. The largest absolute Gasteiger partial charge is 0.469 e. The van der Waals surface area contributed by atoms with E-state index in [1.54, 1.807) is 20.8 Å². The number of ketones is 1. The van der Waals surface area contributed by atoms with Crippen molar-refractivity contribution in [1.82, 2.24) is 0 Å². The summed E-state index contributed by atoms with van der Waals surface area (Å²) >= 11 is 0. The zero-order valence-electron chi connectivity index (χ0n) is 10.1. The minimum absolute atomic E-state index is 0.00463. The zero-order chi connectivity index (χ0) is 11.7. The van der Waals surface area contributed by atoms with Crippen LogP contribution < -0.4 is 0 Å². The molecule has 0 fully saturated rings. The number of methoxy groups -OCH3 is 1. The van der Waals surface area contributed by atoms with Crippen molar-refractivity contribution in [2.45, 2.75) is 41.0 Å². The van der Waals surface area contributed by atoms with Gasteiger partial charge in [-0.2, -0.15) is 0 Å². The Morgan fingerprint density at radius 3 is 1.57 bits per heavy atom. The molecule has 0 aliphatic carbocycles. The molecule has 0 bridgehead atoms. The Morgan fingerprint density at radius 1 is 1.14 bits per heavy atom. The number of rotatable bonds is 3. The molecule has 0 radical (unpaired) electrons. The fraction of sp³-hybridized carbons (Fsp3) is 0.818. The lowest BCUT2D eigenvalue weighted by Gasteiger charge is -1.97. The van der Waals surface area contributed by atoms with Crippen molar-refractivity contribution in [3.05, 3.63) is 0 Å². The molecule has 84 valence electrons. The van der Waals surface area contributed by atoms with Crippen LogP contribution in [-0.4, -0.2) is 18.9 Å². The Hall–Kier alpha value is -0.860. The second-order valence-electron chi connectivity index (χ2n) is 3.98. The molecule has 0 aliphatic heterocycles. The van der Waals surface area contributed by atoms with Crippen molar-refractivity contribution in [2.75, 3.05) is 7.11 Å². The van der Waals surface area contributed by atoms with Gasteiger partial charge < -0.3 is 9.53 Å². The molecule has 0 heterocycles. The van der Waals surface area contributed by atoms with Crippen LogP contribution in [0.25, 0.3) is 0 Å². The van der Waals surface area contributed by atoms with Crippen LogP contribution in [-0.2, 0) is 14.3 Å². The standard InChI is InChI=1S/C6H12O.C5H10O2/c1-5(2)4-6(3)7;1-4(2)5(6)7-3/h5H,4H2,1-3H3;4H,1-3H3. The van der Waals surface area contributed by atoms with Gasteiger partial charge in [-0.1, -0.05) is 27.7 Å². The van der Waals surface area contributed by atoms with Crippen LogP contribution in [0.4, 0.5) is 0 Å². The molecular formula is C11H22O3. The molecule has 0 saturated heterocycles. The summed E-state index contributed by atoms with van der Waals surface area (Å²) < 4.78 is 4.37. The summed E-state index contributed by atoms with van der Waals surface area (Å²) in [6.45, 7) is 9.31. The summed E-state index contributed by atoms with van der Waals surface area (Å²) in [6, 6.07) is 0. The van der Waals surface area contributed by atoms with Gasteiger partial charge in [-0.3, -0.25) is 4.79 Å². The summed E-state index contributed by atoms with van der Waals surface area (Å²) in [5.74, 6) is 0.664. The molecule has 14 heavy (non-hydrogen) atoms. The Kier molecular flexibility index (Phi) is 9.73. The lowest BCUT2D eigenvalue weighted by atomic mass is 10.1. The fourth-order valence-electron chi connectivity index (χ4n) is 0.811. The molecular weight excluding hydrogens is 180 g/mol. The molecule has 0 unspecified atom stereocenters. The monoisotopic (exact) mass is 202 g/mol. The lowest BCUT2D eigenvalue weighted by molar-refractivity contribution is -0.144. The molecule has 0 aromatic carbocycles. The van der Waals surface area contributed by atoms with Crippen molar-refractivity contribution >= 4 is 11.8 Å². The first-order chi connectivity index (χ1) is 6.31. The molecule has 3 nitrogen and oxygen atoms in total. The highest BCUT2D eigenvalue weighted by molar-refractivity contribution is 5.75. The Bertz CT molecular complexity index is 171. The summed E-state index contributed by atoms with van der Waals surface area (Å²) in [5, 5.41) is 0. The van der Waals surface area contributed by atoms with E-state index < -0.39 is 0 Å². The summed E-state index contributed by atoms with van der Waals surface area (Å²) in [6.07, 6.45) is 0.722. The predicted molar refractivity (Wildman–Crippen MR) is 57.0 cm³/mol. The third-order valence-electron chi connectivity index (χ3n) is 1.37. The fourth-order valence-corrected chi connectivity index (χ4v) is 0.811. The molecule has 0 aromatic heterocycles. The second kappa shape index (κ2) is 8.73. The van der Waals surface area contributed by atoms with E-state index >= 15 is 0 Å². The van der Waals surface area contributed by atoms with Gasteiger partial charge in [0.05, 0.1) is 13.0 Å². The van der Waals surface area contributed by atoms with E-state index in [2.05, 4.69) is 4.74 Å². The highest BCUT2D eigenvalue weighted by atomic mass is 16.5. The van der Waals surface area contributed by atoms with Gasteiger partial charge >= 0.3 is 5.97 Å². The third kappa shape index (κ3) is 13.7. The maximum absolute atomic E-state index is 10.3. The van der Waals surface area contributed by atoms with Crippen molar-refractivity contribution in [3.63, 3.8) is 0 Å². The van der Waals surface area contributed by atoms with Crippen molar-refractivity contribution in [3.8, 4) is 0 Å². The van der Waals surface area contributed by atoms with E-state index in [-0.39, 0.29) is 17.7 Å². The van der Waals surface area contributed by atoms with Crippen LogP contribution in [0.5, 0.6) is 0 Å². The molecule has 0 spiro atoms. The number of hydrogen-bond acceptors (Lipinski definition) is 3. The van der Waals surface area contributed by atoms with E-state index in [1.165, 1.54) is 7.11 Å². The molecule has 0 aliphatic rings. The normalized spacial score (nSPS) is 9.43. The van der Waals surface area contributed by atoms with Crippen molar-refractivity contribution in [1.29, 1.82) is 0 Å². The van der Waals surface area contributed by atoms with Crippen molar-refractivity contribution < 1.29 is 14.3 Å². The molecule has 3 heteroatoms. The molecule has 0 atom stereocenters. The second-order valence-corrected chi connectivity index (χ2v) is 3.98. The lowest BCUT2D eigenvalue weighted by Crippen LogP contribution is -2.07. The maximum atomic E-state index is 10.3. The number of carbonyl (C=O) groups is 2. The van der Waals surface area contributed by atoms with Gasteiger partial charge in [0.15, 0.2) is 0 Å². The SMILES string of the molecule is CC(=O)CC(C)C.COC(=O)C(C)C. The van der Waals surface area contributed by atoms with Crippen molar-refractivity contribution in [2.24, 2.45) is 11.8 Å².